The van der Waals surface area contributed by atoms with Crippen LogP contribution >= 0.6 is 0 Å². The number of aliphatic hydroxyl groups is 3. The fourth-order valence-electron chi connectivity index (χ4n) is 3.15. The molecule has 26 heavy (non-hydrogen) atoms. The minimum absolute atomic E-state index is 0.544. The van der Waals surface area contributed by atoms with E-state index in [-0.39, 0.29) is 0 Å². The number of aliphatic hydroxyl groups excluding tert-OH is 3. The molecule has 4 N–H and O–H groups in total. The largest absolute Gasteiger partial charge is 0.462 e. The van der Waals surface area contributed by atoms with E-state index in [0.29, 0.717) is 5.75 Å². The van der Waals surface area contributed by atoms with Gasteiger partial charge in [-0.05, 0) is 50.7 Å². The number of nitrogens with zero attached hydrogens (tertiary/aromatic N) is 1. The molecule has 1 aliphatic heterocycles. The van der Waals surface area contributed by atoms with Crippen molar-refractivity contribution in [2.24, 2.45) is 0 Å². The van der Waals surface area contributed by atoms with E-state index >= 15 is 0 Å². The lowest BCUT2D eigenvalue weighted by Gasteiger charge is -2.38. The predicted octanol–water partition coefficient (Wildman–Crippen LogP) is 0.868. The number of hydrogen-bond acceptors (Lipinski definition) is 6. The fraction of sp³-hybridized carbons (Fsp3) is 0.579. The summed E-state index contributed by atoms with van der Waals surface area (Å²) in [6, 6.07) is 5.62. The van der Waals surface area contributed by atoms with Gasteiger partial charge in [-0.1, -0.05) is 6.92 Å². The summed E-state index contributed by atoms with van der Waals surface area (Å²) < 4.78 is 11.3. The van der Waals surface area contributed by atoms with E-state index in [2.05, 4.69) is 23.9 Å². The van der Waals surface area contributed by atoms with Gasteiger partial charge in [0.05, 0.1) is 6.10 Å². The van der Waals surface area contributed by atoms with Crippen molar-refractivity contribution in [1.29, 1.82) is 0 Å². The molecule has 1 aliphatic rings. The first kappa shape index (κ1) is 19.1. The molecule has 7 heteroatoms. The van der Waals surface area contributed by atoms with Gasteiger partial charge >= 0.3 is 0 Å². The highest BCUT2D eigenvalue weighted by Gasteiger charge is 2.43. The Bertz CT molecular complexity index is 734. The molecule has 1 aromatic carbocycles. The van der Waals surface area contributed by atoms with E-state index in [1.54, 1.807) is 13.0 Å². The monoisotopic (exact) mass is 364 g/mol. The molecule has 0 amide bonds. The van der Waals surface area contributed by atoms with Gasteiger partial charge in [-0.25, -0.2) is 0 Å². The molecule has 3 rings (SSSR count). The van der Waals surface area contributed by atoms with Crippen LogP contribution in [0.4, 0.5) is 0 Å². The normalized spacial score (nSPS) is 29.4. The number of H-pyrrole nitrogens is 1. The lowest BCUT2D eigenvalue weighted by molar-refractivity contribution is -0.268. The van der Waals surface area contributed by atoms with Crippen molar-refractivity contribution < 1.29 is 24.8 Å². The first-order valence-electron chi connectivity index (χ1n) is 9.05. The molecular formula is C19H28N2O5. The standard InChI is InChI=1S/C19H28N2O5/c1-4-21(3)8-7-12-10-20-15-6-5-13(9-14(12)15)26-19-18(24)17(23)16(22)11(2)25-19/h5-6,9-11,16-20,22-24H,4,7-8H2,1-3H3. The van der Waals surface area contributed by atoms with E-state index in [0.717, 1.165) is 30.4 Å². The van der Waals surface area contributed by atoms with E-state index in [4.69, 9.17) is 9.47 Å². The maximum Gasteiger partial charge on any atom is 0.229 e. The summed E-state index contributed by atoms with van der Waals surface area (Å²) in [5.41, 5.74) is 2.21. The van der Waals surface area contributed by atoms with Crippen LogP contribution in [0.1, 0.15) is 19.4 Å². The average molecular weight is 364 g/mol. The van der Waals surface area contributed by atoms with Crippen LogP contribution in [0.3, 0.4) is 0 Å². The third-order valence-corrected chi connectivity index (χ3v) is 5.10. The summed E-state index contributed by atoms with van der Waals surface area (Å²) in [4.78, 5) is 5.51. The first-order valence-corrected chi connectivity index (χ1v) is 9.05. The summed E-state index contributed by atoms with van der Waals surface area (Å²) in [6.07, 6.45) is -2.51. The summed E-state index contributed by atoms with van der Waals surface area (Å²) >= 11 is 0. The van der Waals surface area contributed by atoms with Crippen molar-refractivity contribution in [2.45, 2.75) is 51.0 Å². The topological polar surface area (TPSA) is 98.2 Å². The van der Waals surface area contributed by atoms with Crippen molar-refractivity contribution >= 4 is 10.9 Å². The Morgan fingerprint density at radius 1 is 1.19 bits per heavy atom. The van der Waals surface area contributed by atoms with Gasteiger partial charge in [-0.3, -0.25) is 0 Å². The Hall–Kier alpha value is -1.64. The molecule has 1 aromatic heterocycles. The second-order valence-corrected chi connectivity index (χ2v) is 6.97. The van der Waals surface area contributed by atoms with Crippen molar-refractivity contribution in [2.75, 3.05) is 20.1 Å². The molecule has 5 unspecified atom stereocenters. The van der Waals surface area contributed by atoms with E-state index in [1.807, 2.05) is 18.3 Å². The van der Waals surface area contributed by atoms with Gasteiger partial charge in [0, 0.05) is 23.6 Å². The quantitative estimate of drug-likeness (QED) is 0.607. The highest BCUT2D eigenvalue weighted by atomic mass is 16.7. The highest BCUT2D eigenvalue weighted by Crippen LogP contribution is 2.28. The van der Waals surface area contributed by atoms with E-state index < -0.39 is 30.7 Å². The van der Waals surface area contributed by atoms with Gasteiger partial charge in [0.15, 0.2) is 0 Å². The summed E-state index contributed by atoms with van der Waals surface area (Å²) in [5.74, 6) is 0.544. The molecule has 0 radical (unpaired) electrons. The smallest absolute Gasteiger partial charge is 0.229 e. The Morgan fingerprint density at radius 3 is 2.69 bits per heavy atom. The molecular weight excluding hydrogens is 336 g/mol. The minimum atomic E-state index is -1.32. The lowest BCUT2D eigenvalue weighted by atomic mass is 10.00. The Labute approximate surface area is 153 Å². The van der Waals surface area contributed by atoms with Gasteiger partial charge in [-0.2, -0.15) is 0 Å². The number of benzene rings is 1. The maximum absolute atomic E-state index is 10.1. The summed E-state index contributed by atoms with van der Waals surface area (Å²) in [7, 11) is 2.09. The van der Waals surface area contributed by atoms with E-state index in [1.165, 1.54) is 5.56 Å². The Kier molecular flexibility index (Phi) is 5.84. The van der Waals surface area contributed by atoms with Crippen LogP contribution in [0.5, 0.6) is 5.75 Å². The lowest BCUT2D eigenvalue weighted by Crippen LogP contribution is -2.58. The first-order chi connectivity index (χ1) is 12.4. The molecule has 7 nitrogen and oxygen atoms in total. The fourth-order valence-corrected chi connectivity index (χ4v) is 3.15. The zero-order chi connectivity index (χ0) is 18.8. The minimum Gasteiger partial charge on any atom is -0.462 e. The average Bonchev–Trinajstić information content (AvgIpc) is 3.04. The number of hydrogen-bond donors (Lipinski definition) is 4. The van der Waals surface area contributed by atoms with Gasteiger partial charge in [0.1, 0.15) is 24.1 Å². The number of aromatic nitrogens is 1. The number of nitrogens with one attached hydrogen (secondary N) is 1. The molecule has 144 valence electrons. The van der Waals surface area contributed by atoms with Crippen LogP contribution in [0.15, 0.2) is 24.4 Å². The van der Waals surface area contributed by atoms with E-state index in [9.17, 15) is 15.3 Å². The molecule has 5 atom stereocenters. The van der Waals surface area contributed by atoms with Crippen LogP contribution in [0.25, 0.3) is 10.9 Å². The zero-order valence-corrected chi connectivity index (χ0v) is 15.4. The van der Waals surface area contributed by atoms with Gasteiger partial charge in [-0.15, -0.1) is 0 Å². The molecule has 0 saturated carbocycles. The van der Waals surface area contributed by atoms with Crippen LogP contribution in [0, 0.1) is 0 Å². The Balaban J connectivity index is 1.76. The zero-order valence-electron chi connectivity index (χ0n) is 15.4. The van der Waals surface area contributed by atoms with Gasteiger partial charge in [0.2, 0.25) is 6.29 Å². The van der Waals surface area contributed by atoms with Crippen LogP contribution < -0.4 is 4.74 Å². The molecule has 0 bridgehead atoms. The van der Waals surface area contributed by atoms with Crippen molar-refractivity contribution in [3.05, 3.63) is 30.0 Å². The third kappa shape index (κ3) is 3.87. The van der Waals surface area contributed by atoms with Crippen molar-refractivity contribution in [3.63, 3.8) is 0 Å². The molecule has 1 saturated heterocycles. The molecule has 1 fully saturated rings. The molecule has 0 spiro atoms. The second kappa shape index (κ2) is 7.94. The van der Waals surface area contributed by atoms with Crippen molar-refractivity contribution in [3.8, 4) is 5.75 Å². The Morgan fingerprint density at radius 2 is 1.96 bits per heavy atom. The van der Waals surface area contributed by atoms with Crippen LogP contribution in [-0.2, 0) is 11.2 Å². The second-order valence-electron chi connectivity index (χ2n) is 6.97. The third-order valence-electron chi connectivity index (χ3n) is 5.10. The number of rotatable bonds is 6. The number of aromatic amines is 1. The van der Waals surface area contributed by atoms with Gasteiger partial charge in [0.25, 0.3) is 0 Å². The maximum atomic E-state index is 10.1. The molecule has 2 heterocycles. The number of ether oxygens (including phenoxy) is 2. The highest BCUT2D eigenvalue weighted by molar-refractivity contribution is 5.84. The molecule has 0 aliphatic carbocycles. The number of fused-ring (bicyclic) bond motifs is 1. The predicted molar refractivity (Wildman–Crippen MR) is 98.2 cm³/mol. The SMILES string of the molecule is CCN(C)CCc1c[nH]c2ccc(OC3OC(C)C(O)C(O)C3O)cc12. The van der Waals surface area contributed by atoms with Crippen LogP contribution in [-0.4, -0.2) is 76.0 Å². The van der Waals surface area contributed by atoms with Crippen LogP contribution in [0.2, 0.25) is 0 Å². The molecule has 2 aromatic rings. The summed E-state index contributed by atoms with van der Waals surface area (Å²) in [6.45, 7) is 5.72. The van der Waals surface area contributed by atoms with Gasteiger partial charge < -0.3 is 34.7 Å². The van der Waals surface area contributed by atoms with Crippen molar-refractivity contribution in [1.82, 2.24) is 9.88 Å². The number of likely N-dealkylation sites (N-methyl/N-ethyl adjacent to an activating group) is 1. The summed E-state index contributed by atoms with van der Waals surface area (Å²) in [5, 5.41) is 30.9.